The second-order valence-corrected chi connectivity index (χ2v) is 12.6. The molecule has 0 aromatic heterocycles. The molecule has 0 aliphatic heterocycles. The molecule has 0 heterocycles. The second-order valence-electron chi connectivity index (χ2n) is 12.6. The Hall–Kier alpha value is -3.13. The van der Waals surface area contributed by atoms with Crippen molar-refractivity contribution in [2.24, 2.45) is 10.8 Å². The van der Waals surface area contributed by atoms with Crippen LogP contribution in [-0.2, 0) is 4.79 Å². The van der Waals surface area contributed by atoms with Crippen molar-refractivity contribution in [2.75, 3.05) is 0 Å². The van der Waals surface area contributed by atoms with Crippen molar-refractivity contribution in [1.29, 1.82) is 0 Å². The van der Waals surface area contributed by atoms with Crippen LogP contribution in [0.5, 0.6) is 5.75 Å². The van der Waals surface area contributed by atoms with Gasteiger partial charge in [-0.3, -0.25) is 0 Å². The lowest BCUT2D eigenvalue weighted by Crippen LogP contribution is -2.19. The molecule has 1 aliphatic rings. The van der Waals surface area contributed by atoms with E-state index in [1.807, 2.05) is 37.3 Å². The van der Waals surface area contributed by atoms with Crippen LogP contribution in [0.2, 0.25) is 0 Å². The molecule has 2 nitrogen and oxygen atoms in total. The van der Waals surface area contributed by atoms with Crippen molar-refractivity contribution < 1.29 is 9.53 Å². The van der Waals surface area contributed by atoms with Crippen LogP contribution in [-0.4, -0.2) is 5.97 Å². The molecular formula is C38H52O2. The summed E-state index contributed by atoms with van der Waals surface area (Å²) in [7, 11) is 0. The summed E-state index contributed by atoms with van der Waals surface area (Å²) in [6.07, 6.45) is 24.5. The first kappa shape index (κ1) is 33.1. The Morgan fingerprint density at radius 2 is 1.75 bits per heavy atom. The van der Waals surface area contributed by atoms with Crippen molar-refractivity contribution in [3.63, 3.8) is 0 Å². The highest BCUT2D eigenvalue weighted by Crippen LogP contribution is 2.40. The predicted octanol–water partition coefficient (Wildman–Crippen LogP) is 11.3. The van der Waals surface area contributed by atoms with Crippen molar-refractivity contribution >= 4 is 12.0 Å². The van der Waals surface area contributed by atoms with Crippen LogP contribution in [0.3, 0.4) is 0 Å². The van der Waals surface area contributed by atoms with E-state index in [-0.39, 0.29) is 16.8 Å². The van der Waals surface area contributed by atoms with Gasteiger partial charge in [-0.05, 0) is 108 Å². The third-order valence-corrected chi connectivity index (χ3v) is 7.88. The lowest BCUT2D eigenvalue weighted by Gasteiger charge is -2.32. The third kappa shape index (κ3) is 11.5. The Kier molecular flexibility index (Phi) is 12.9. The molecule has 0 radical (unpaired) electrons. The van der Waals surface area contributed by atoms with E-state index in [0.29, 0.717) is 5.75 Å². The molecule has 1 aromatic rings. The summed E-state index contributed by atoms with van der Waals surface area (Å²) in [4.78, 5) is 12.5. The van der Waals surface area contributed by atoms with E-state index >= 15 is 0 Å². The van der Waals surface area contributed by atoms with Gasteiger partial charge in [-0.1, -0.05) is 97.7 Å². The van der Waals surface area contributed by atoms with Gasteiger partial charge in [0.15, 0.2) is 0 Å². The largest absolute Gasteiger partial charge is 0.423 e. The second kappa shape index (κ2) is 15.6. The van der Waals surface area contributed by atoms with Gasteiger partial charge in [-0.2, -0.15) is 0 Å². The number of carbonyl (C=O) groups excluding carboxylic acids is 1. The molecule has 1 aromatic carbocycles. The number of allylic oxidation sites excluding steroid dienone is 11. The molecule has 1 aliphatic carbocycles. The van der Waals surface area contributed by atoms with Crippen molar-refractivity contribution in [3.8, 4) is 5.75 Å². The smallest absolute Gasteiger partial charge is 0.336 e. The molecule has 2 rings (SSSR count). The van der Waals surface area contributed by atoms with E-state index in [2.05, 4.69) is 91.5 Å². The van der Waals surface area contributed by atoms with E-state index in [0.717, 1.165) is 36.8 Å². The summed E-state index contributed by atoms with van der Waals surface area (Å²) >= 11 is 0. The number of benzene rings is 1. The molecular weight excluding hydrogens is 488 g/mol. The van der Waals surface area contributed by atoms with E-state index in [4.69, 9.17) is 4.74 Å². The molecule has 0 saturated heterocycles. The number of ether oxygens (including phenoxy) is 1. The first-order valence-electron chi connectivity index (χ1n) is 14.8. The van der Waals surface area contributed by atoms with Gasteiger partial charge in [0.05, 0.1) is 0 Å². The topological polar surface area (TPSA) is 26.3 Å². The Morgan fingerprint density at radius 1 is 1.05 bits per heavy atom. The SMILES string of the molecule is C=CC(C)(/C=C/c1ccc(OC(=O)/C=C(/C)CC/C=C(C)/C=C/C2=C(C)CCCC2(C)C)cc1)CCC=C(C)C. The fraction of sp³-hybridized carbons (Fsp3) is 0.447. The summed E-state index contributed by atoms with van der Waals surface area (Å²) < 4.78 is 5.55. The van der Waals surface area contributed by atoms with Crippen molar-refractivity contribution in [2.45, 2.75) is 100 Å². The molecule has 0 saturated carbocycles. The Morgan fingerprint density at radius 3 is 2.38 bits per heavy atom. The first-order chi connectivity index (χ1) is 18.8. The number of rotatable bonds is 13. The van der Waals surface area contributed by atoms with Crippen LogP contribution in [0.25, 0.3) is 6.08 Å². The zero-order valence-corrected chi connectivity index (χ0v) is 26.4. The maximum absolute atomic E-state index is 12.5. The minimum absolute atomic E-state index is 0.0632. The molecule has 0 N–H and O–H groups in total. The van der Waals surface area contributed by atoms with Gasteiger partial charge in [-0.15, -0.1) is 6.58 Å². The minimum Gasteiger partial charge on any atom is -0.423 e. The number of esters is 1. The molecule has 1 atom stereocenters. The molecule has 1 unspecified atom stereocenters. The van der Waals surface area contributed by atoms with Gasteiger partial charge in [0.2, 0.25) is 0 Å². The normalized spacial score (nSPS) is 17.7. The van der Waals surface area contributed by atoms with E-state index in [1.165, 1.54) is 41.6 Å². The fourth-order valence-corrected chi connectivity index (χ4v) is 5.10. The van der Waals surface area contributed by atoms with E-state index in [1.54, 1.807) is 6.08 Å². The predicted molar refractivity (Wildman–Crippen MR) is 174 cm³/mol. The number of hydrogen-bond acceptors (Lipinski definition) is 2. The summed E-state index contributed by atoms with van der Waals surface area (Å²) in [5, 5.41) is 0. The quantitative estimate of drug-likeness (QED) is 0.0817. The standard InChI is InChI=1S/C38H52O2/c1-10-38(9,26-12-14-29(2)3)27-24-33-19-21-34(22-20-33)40-36(39)28-31(5)16-11-15-30(4)18-23-35-32(6)17-13-25-37(35,7)8/h10,14-15,18-24,27-28H,1,11-13,16-17,25-26H2,2-9H3/b23-18+,27-24+,30-15+,31-28-. The highest BCUT2D eigenvalue weighted by molar-refractivity contribution is 5.84. The Balaban J connectivity index is 1.87. The maximum Gasteiger partial charge on any atom is 0.336 e. The zero-order valence-electron chi connectivity index (χ0n) is 26.4. The Bertz CT molecular complexity index is 1190. The van der Waals surface area contributed by atoms with Crippen LogP contribution in [0, 0.1) is 10.8 Å². The first-order valence-corrected chi connectivity index (χ1v) is 14.8. The minimum atomic E-state index is -0.332. The average molecular weight is 541 g/mol. The van der Waals surface area contributed by atoms with Crippen molar-refractivity contribution in [3.05, 3.63) is 107 Å². The number of carbonyl (C=O) groups is 1. The summed E-state index contributed by atoms with van der Waals surface area (Å²) in [5.41, 5.74) is 7.88. The third-order valence-electron chi connectivity index (χ3n) is 7.88. The van der Waals surface area contributed by atoms with Crippen LogP contribution in [0.4, 0.5) is 0 Å². The molecule has 2 heteroatoms. The van der Waals surface area contributed by atoms with Crippen LogP contribution >= 0.6 is 0 Å². The van der Waals surface area contributed by atoms with Crippen molar-refractivity contribution in [1.82, 2.24) is 0 Å². The van der Waals surface area contributed by atoms with Gasteiger partial charge in [0.1, 0.15) is 5.75 Å². The van der Waals surface area contributed by atoms with Crippen LogP contribution in [0.1, 0.15) is 106 Å². The molecule has 0 amide bonds. The van der Waals surface area contributed by atoms with E-state index < -0.39 is 0 Å². The number of hydrogen-bond donors (Lipinski definition) is 0. The molecule has 0 bridgehead atoms. The zero-order chi connectivity index (χ0) is 29.8. The van der Waals surface area contributed by atoms with Crippen LogP contribution in [0.15, 0.2) is 101 Å². The summed E-state index contributed by atoms with van der Waals surface area (Å²) in [6, 6.07) is 7.64. The van der Waals surface area contributed by atoms with E-state index in [9.17, 15) is 4.79 Å². The van der Waals surface area contributed by atoms with Gasteiger partial charge >= 0.3 is 5.97 Å². The molecule has 0 spiro atoms. The Labute approximate surface area is 245 Å². The monoisotopic (exact) mass is 540 g/mol. The molecule has 216 valence electrons. The summed E-state index contributed by atoms with van der Waals surface area (Å²) in [5.74, 6) is 0.221. The lowest BCUT2D eigenvalue weighted by atomic mass is 9.72. The van der Waals surface area contributed by atoms with Gasteiger partial charge < -0.3 is 4.74 Å². The van der Waals surface area contributed by atoms with Gasteiger partial charge in [0.25, 0.3) is 0 Å². The van der Waals surface area contributed by atoms with Crippen LogP contribution < -0.4 is 4.74 Å². The lowest BCUT2D eigenvalue weighted by molar-refractivity contribution is -0.129. The highest BCUT2D eigenvalue weighted by atomic mass is 16.5. The average Bonchev–Trinajstić information content (AvgIpc) is 2.87. The maximum atomic E-state index is 12.5. The van der Waals surface area contributed by atoms with Gasteiger partial charge in [0, 0.05) is 11.5 Å². The summed E-state index contributed by atoms with van der Waals surface area (Å²) in [6.45, 7) is 21.6. The van der Waals surface area contributed by atoms with Gasteiger partial charge in [-0.25, -0.2) is 4.79 Å². The molecule has 40 heavy (non-hydrogen) atoms. The molecule has 0 fully saturated rings. The fourth-order valence-electron chi connectivity index (χ4n) is 5.10. The highest BCUT2D eigenvalue weighted by Gasteiger charge is 2.26.